The van der Waals surface area contributed by atoms with Crippen LogP contribution in [-0.4, -0.2) is 21.9 Å². The minimum absolute atomic E-state index is 0.00576. The van der Waals surface area contributed by atoms with E-state index in [9.17, 15) is 14.9 Å². The summed E-state index contributed by atoms with van der Waals surface area (Å²) >= 11 is 0. The van der Waals surface area contributed by atoms with Crippen molar-refractivity contribution in [2.45, 2.75) is 26.3 Å². The van der Waals surface area contributed by atoms with Crippen molar-refractivity contribution in [1.29, 1.82) is 0 Å². The Morgan fingerprint density at radius 1 is 1.71 bits per heavy atom. The SMILES string of the molecule is Cc1cnc(NC(C)CC(N)=O)cc1[N+](=O)[O-]. The molecule has 1 unspecified atom stereocenters. The van der Waals surface area contributed by atoms with Gasteiger partial charge in [0.1, 0.15) is 5.82 Å². The second-order valence-corrected chi connectivity index (χ2v) is 3.83. The molecule has 0 aliphatic rings. The number of nitrogens with one attached hydrogen (secondary N) is 1. The van der Waals surface area contributed by atoms with E-state index in [1.165, 1.54) is 12.3 Å². The van der Waals surface area contributed by atoms with Crippen molar-refractivity contribution in [3.8, 4) is 0 Å². The lowest BCUT2D eigenvalue weighted by Gasteiger charge is -2.12. The van der Waals surface area contributed by atoms with Crippen LogP contribution in [0.5, 0.6) is 0 Å². The maximum Gasteiger partial charge on any atom is 0.277 e. The summed E-state index contributed by atoms with van der Waals surface area (Å²) in [4.78, 5) is 24.9. The molecule has 1 amide bonds. The lowest BCUT2D eigenvalue weighted by molar-refractivity contribution is -0.385. The fourth-order valence-electron chi connectivity index (χ4n) is 1.39. The van der Waals surface area contributed by atoms with Gasteiger partial charge in [-0.05, 0) is 13.8 Å². The van der Waals surface area contributed by atoms with Gasteiger partial charge in [-0.1, -0.05) is 0 Å². The third-order valence-corrected chi connectivity index (χ3v) is 2.17. The highest BCUT2D eigenvalue weighted by molar-refractivity contribution is 5.74. The van der Waals surface area contributed by atoms with Crippen LogP contribution in [0.4, 0.5) is 11.5 Å². The molecule has 1 heterocycles. The molecule has 1 aromatic rings. The van der Waals surface area contributed by atoms with E-state index in [-0.39, 0.29) is 18.2 Å². The Bertz CT molecular complexity index is 447. The summed E-state index contributed by atoms with van der Waals surface area (Å²) in [6, 6.07) is 1.12. The van der Waals surface area contributed by atoms with Crippen LogP contribution < -0.4 is 11.1 Å². The number of anilines is 1. The van der Waals surface area contributed by atoms with Crippen molar-refractivity contribution in [3.05, 3.63) is 27.9 Å². The third kappa shape index (κ3) is 3.71. The zero-order valence-electron chi connectivity index (χ0n) is 9.64. The minimum atomic E-state index is -0.471. The Hall–Kier alpha value is -2.18. The molecular formula is C10H14N4O3. The van der Waals surface area contributed by atoms with E-state index in [2.05, 4.69) is 10.3 Å². The van der Waals surface area contributed by atoms with Crippen LogP contribution >= 0.6 is 0 Å². The van der Waals surface area contributed by atoms with Crippen molar-refractivity contribution in [1.82, 2.24) is 4.98 Å². The molecule has 0 aliphatic carbocycles. The van der Waals surface area contributed by atoms with E-state index < -0.39 is 10.8 Å². The predicted octanol–water partition coefficient (Wildman–Crippen LogP) is 0.974. The first-order chi connectivity index (χ1) is 7.90. The maximum absolute atomic E-state index is 10.7. The molecule has 0 bridgehead atoms. The molecule has 17 heavy (non-hydrogen) atoms. The van der Waals surface area contributed by atoms with E-state index in [1.807, 2.05) is 0 Å². The Labute approximate surface area is 98.2 Å². The molecule has 92 valence electrons. The monoisotopic (exact) mass is 238 g/mol. The molecule has 1 atom stereocenters. The van der Waals surface area contributed by atoms with Crippen molar-refractivity contribution in [2.75, 3.05) is 5.32 Å². The number of aryl methyl sites for hydroxylation is 1. The summed E-state index contributed by atoms with van der Waals surface area (Å²) in [5.41, 5.74) is 5.52. The maximum atomic E-state index is 10.7. The molecule has 0 fully saturated rings. The first kappa shape index (κ1) is 12.9. The van der Waals surface area contributed by atoms with Crippen LogP contribution in [0.1, 0.15) is 18.9 Å². The largest absolute Gasteiger partial charge is 0.370 e. The van der Waals surface area contributed by atoms with Crippen LogP contribution in [0.25, 0.3) is 0 Å². The first-order valence-corrected chi connectivity index (χ1v) is 5.06. The van der Waals surface area contributed by atoms with Gasteiger partial charge in [0, 0.05) is 24.2 Å². The number of pyridine rings is 1. The summed E-state index contributed by atoms with van der Waals surface area (Å²) < 4.78 is 0. The van der Waals surface area contributed by atoms with Crippen LogP contribution in [0.15, 0.2) is 12.3 Å². The van der Waals surface area contributed by atoms with Gasteiger partial charge in [0.15, 0.2) is 0 Å². The smallest absolute Gasteiger partial charge is 0.277 e. The van der Waals surface area contributed by atoms with Gasteiger partial charge in [0.25, 0.3) is 5.69 Å². The summed E-state index contributed by atoms with van der Waals surface area (Å²) in [5, 5.41) is 13.6. The van der Waals surface area contributed by atoms with E-state index in [0.717, 1.165) is 0 Å². The fraction of sp³-hybridized carbons (Fsp3) is 0.400. The lowest BCUT2D eigenvalue weighted by atomic mass is 10.2. The number of hydrogen-bond acceptors (Lipinski definition) is 5. The molecule has 0 radical (unpaired) electrons. The summed E-state index contributed by atoms with van der Waals surface area (Å²) in [6.07, 6.45) is 1.56. The number of nitrogens with two attached hydrogens (primary N) is 1. The second-order valence-electron chi connectivity index (χ2n) is 3.83. The van der Waals surface area contributed by atoms with Gasteiger partial charge >= 0.3 is 0 Å². The van der Waals surface area contributed by atoms with Crippen molar-refractivity contribution >= 4 is 17.4 Å². The van der Waals surface area contributed by atoms with Crippen LogP contribution in [-0.2, 0) is 4.79 Å². The van der Waals surface area contributed by atoms with Gasteiger partial charge < -0.3 is 11.1 Å². The number of amides is 1. The van der Waals surface area contributed by atoms with Crippen LogP contribution in [0.3, 0.4) is 0 Å². The molecule has 7 nitrogen and oxygen atoms in total. The van der Waals surface area contributed by atoms with Crippen molar-refractivity contribution in [2.24, 2.45) is 5.73 Å². The Kier molecular flexibility index (Phi) is 3.97. The topological polar surface area (TPSA) is 111 Å². The molecule has 3 N–H and O–H groups in total. The number of nitro groups is 1. The number of hydrogen-bond donors (Lipinski definition) is 2. The number of carbonyl (C=O) groups excluding carboxylic acids is 1. The number of aromatic nitrogens is 1. The molecule has 0 saturated carbocycles. The average molecular weight is 238 g/mol. The summed E-state index contributed by atoms with van der Waals surface area (Å²) in [5.74, 6) is -0.0809. The number of primary amides is 1. The molecular weight excluding hydrogens is 224 g/mol. The highest BCUT2D eigenvalue weighted by Gasteiger charge is 2.13. The van der Waals surface area contributed by atoms with Gasteiger partial charge in [-0.3, -0.25) is 14.9 Å². The molecule has 7 heteroatoms. The van der Waals surface area contributed by atoms with E-state index in [0.29, 0.717) is 11.4 Å². The van der Waals surface area contributed by atoms with Crippen molar-refractivity contribution < 1.29 is 9.72 Å². The molecule has 0 spiro atoms. The van der Waals surface area contributed by atoms with Crippen molar-refractivity contribution in [3.63, 3.8) is 0 Å². The van der Waals surface area contributed by atoms with E-state index in [4.69, 9.17) is 5.73 Å². The summed E-state index contributed by atoms with van der Waals surface area (Å²) in [6.45, 7) is 3.36. The first-order valence-electron chi connectivity index (χ1n) is 5.06. The Morgan fingerprint density at radius 3 is 2.88 bits per heavy atom. The van der Waals surface area contributed by atoms with E-state index >= 15 is 0 Å². The minimum Gasteiger partial charge on any atom is -0.370 e. The Morgan fingerprint density at radius 2 is 2.35 bits per heavy atom. The van der Waals surface area contributed by atoms with Gasteiger partial charge in [0.2, 0.25) is 5.91 Å². The third-order valence-electron chi connectivity index (χ3n) is 2.17. The van der Waals surface area contributed by atoms with Crippen LogP contribution in [0.2, 0.25) is 0 Å². The number of rotatable bonds is 5. The number of nitrogens with zero attached hydrogens (tertiary/aromatic N) is 2. The van der Waals surface area contributed by atoms with Gasteiger partial charge in [-0.25, -0.2) is 4.98 Å². The molecule has 1 rings (SSSR count). The molecule has 0 aliphatic heterocycles. The normalized spacial score (nSPS) is 11.9. The van der Waals surface area contributed by atoms with Gasteiger partial charge in [-0.2, -0.15) is 0 Å². The fourth-order valence-corrected chi connectivity index (χ4v) is 1.39. The highest BCUT2D eigenvalue weighted by Crippen LogP contribution is 2.20. The second kappa shape index (κ2) is 5.24. The molecule has 1 aromatic heterocycles. The summed E-state index contributed by atoms with van der Waals surface area (Å²) in [7, 11) is 0. The van der Waals surface area contributed by atoms with Gasteiger partial charge in [-0.15, -0.1) is 0 Å². The van der Waals surface area contributed by atoms with Gasteiger partial charge in [0.05, 0.1) is 11.0 Å². The quantitative estimate of drug-likeness (QED) is 0.586. The van der Waals surface area contributed by atoms with E-state index in [1.54, 1.807) is 13.8 Å². The van der Waals surface area contributed by atoms with Crippen LogP contribution in [0, 0.1) is 17.0 Å². The zero-order chi connectivity index (χ0) is 13.0. The standard InChI is InChI=1S/C10H14N4O3/c1-6-5-12-10(4-8(6)14(16)17)13-7(2)3-9(11)15/h4-5,7H,3H2,1-2H3,(H2,11,15)(H,12,13). The zero-order valence-corrected chi connectivity index (χ0v) is 9.64. The molecule has 0 aromatic carbocycles. The highest BCUT2D eigenvalue weighted by atomic mass is 16.6. The average Bonchev–Trinajstić information content (AvgIpc) is 2.19. The lowest BCUT2D eigenvalue weighted by Crippen LogP contribution is -2.24. The predicted molar refractivity (Wildman–Crippen MR) is 62.5 cm³/mol. The Balaban J connectivity index is 2.82. The molecule has 0 saturated heterocycles. The number of carbonyl (C=O) groups is 1.